The number of ether oxygens (including phenoxy) is 1. The van der Waals surface area contributed by atoms with Crippen molar-refractivity contribution in [3.05, 3.63) is 56.4 Å². The van der Waals surface area contributed by atoms with E-state index in [1.165, 1.54) is 11.3 Å². The van der Waals surface area contributed by atoms with Crippen molar-refractivity contribution >= 4 is 39.1 Å². The van der Waals surface area contributed by atoms with Gasteiger partial charge in [0.05, 0.1) is 10.9 Å². The average Bonchev–Trinajstić information content (AvgIpc) is 3.00. The number of hydrogen-bond acceptors (Lipinski definition) is 6. The predicted octanol–water partition coefficient (Wildman–Crippen LogP) is 3.48. The van der Waals surface area contributed by atoms with E-state index in [4.69, 9.17) is 4.74 Å². The first-order chi connectivity index (χ1) is 13.9. The lowest BCUT2D eigenvalue weighted by atomic mass is 10.1. The Hall–Kier alpha value is -3.00. The number of esters is 1. The van der Waals surface area contributed by atoms with Gasteiger partial charge in [0.25, 0.3) is 5.56 Å². The lowest BCUT2D eigenvalue weighted by Gasteiger charge is -2.26. The number of amides is 1. The second-order valence-electron chi connectivity index (χ2n) is 7.10. The highest BCUT2D eigenvalue weighted by molar-refractivity contribution is 7.18. The molecule has 8 heteroatoms. The first-order valence-electron chi connectivity index (χ1n) is 9.50. The number of benzene rings is 1. The van der Waals surface area contributed by atoms with Crippen molar-refractivity contribution in [2.45, 2.75) is 39.7 Å². The molecular formula is C21H21N3O4S. The SMILES string of the molecule is Cc1sc2nc(COC(=O)c3ccc(N4CCCCC4=O)cc3)[nH]c(=O)c2c1C. The molecule has 0 unspecified atom stereocenters. The maximum absolute atomic E-state index is 12.4. The van der Waals surface area contributed by atoms with E-state index in [0.29, 0.717) is 34.6 Å². The Morgan fingerprint density at radius 2 is 1.97 bits per heavy atom. The van der Waals surface area contributed by atoms with Gasteiger partial charge in [0.2, 0.25) is 5.91 Å². The standard InChI is InChI=1S/C21H21N3O4S/c1-12-13(2)29-20-18(12)19(26)22-16(23-20)11-28-21(27)14-6-8-15(9-7-14)24-10-4-3-5-17(24)25/h6-9H,3-5,10-11H2,1-2H3,(H,22,23,26). The van der Waals surface area contributed by atoms with Crippen LogP contribution in [0.1, 0.15) is 45.9 Å². The van der Waals surface area contributed by atoms with Crippen LogP contribution >= 0.6 is 11.3 Å². The molecule has 1 aromatic carbocycles. The number of aryl methyl sites for hydroxylation is 2. The van der Waals surface area contributed by atoms with E-state index in [2.05, 4.69) is 9.97 Å². The molecule has 2 aromatic heterocycles. The number of hydrogen-bond donors (Lipinski definition) is 1. The molecule has 0 radical (unpaired) electrons. The molecule has 1 aliphatic heterocycles. The summed E-state index contributed by atoms with van der Waals surface area (Å²) < 4.78 is 5.31. The number of piperidine rings is 1. The number of anilines is 1. The van der Waals surface area contributed by atoms with Crippen LogP contribution in [0.3, 0.4) is 0 Å². The van der Waals surface area contributed by atoms with Crippen molar-refractivity contribution in [2.75, 3.05) is 11.4 Å². The molecule has 3 aromatic rings. The van der Waals surface area contributed by atoms with Gasteiger partial charge in [0, 0.05) is 23.5 Å². The third-order valence-electron chi connectivity index (χ3n) is 5.17. The zero-order valence-corrected chi connectivity index (χ0v) is 17.1. The molecule has 29 heavy (non-hydrogen) atoms. The molecule has 0 aliphatic carbocycles. The molecule has 1 amide bonds. The van der Waals surface area contributed by atoms with E-state index in [0.717, 1.165) is 29.0 Å². The molecule has 0 spiro atoms. The fourth-order valence-corrected chi connectivity index (χ4v) is 4.49. The molecule has 0 bridgehead atoms. The smallest absolute Gasteiger partial charge is 0.338 e. The van der Waals surface area contributed by atoms with Crippen molar-refractivity contribution in [1.29, 1.82) is 0 Å². The molecule has 3 heterocycles. The average molecular weight is 411 g/mol. The summed E-state index contributed by atoms with van der Waals surface area (Å²) in [4.78, 5) is 47.2. The van der Waals surface area contributed by atoms with Gasteiger partial charge in [0.1, 0.15) is 17.3 Å². The van der Waals surface area contributed by atoms with E-state index >= 15 is 0 Å². The van der Waals surface area contributed by atoms with Crippen molar-refractivity contribution in [1.82, 2.24) is 9.97 Å². The Labute approximate surface area is 171 Å². The Morgan fingerprint density at radius 1 is 1.21 bits per heavy atom. The van der Waals surface area contributed by atoms with Gasteiger partial charge >= 0.3 is 5.97 Å². The molecule has 150 valence electrons. The van der Waals surface area contributed by atoms with Crippen LogP contribution in [0.5, 0.6) is 0 Å². The van der Waals surface area contributed by atoms with Crippen molar-refractivity contribution in [2.24, 2.45) is 0 Å². The number of aromatic amines is 1. The number of fused-ring (bicyclic) bond motifs is 1. The lowest BCUT2D eigenvalue weighted by Crippen LogP contribution is -2.35. The molecule has 0 saturated carbocycles. The molecule has 1 saturated heterocycles. The summed E-state index contributed by atoms with van der Waals surface area (Å²) in [5.41, 5.74) is 1.86. The minimum atomic E-state index is -0.511. The highest BCUT2D eigenvalue weighted by Gasteiger charge is 2.20. The largest absolute Gasteiger partial charge is 0.454 e. The monoisotopic (exact) mass is 411 g/mol. The third-order valence-corrected chi connectivity index (χ3v) is 6.27. The first kappa shape index (κ1) is 19.3. The maximum Gasteiger partial charge on any atom is 0.338 e. The normalized spacial score (nSPS) is 14.4. The minimum absolute atomic E-state index is 0.107. The molecule has 7 nitrogen and oxygen atoms in total. The summed E-state index contributed by atoms with van der Waals surface area (Å²) in [6, 6.07) is 6.79. The molecule has 1 aliphatic rings. The van der Waals surface area contributed by atoms with Crippen LogP contribution in [0, 0.1) is 13.8 Å². The molecule has 1 N–H and O–H groups in total. The van der Waals surface area contributed by atoms with Crippen molar-refractivity contribution in [3.63, 3.8) is 0 Å². The van der Waals surface area contributed by atoms with Crippen LogP contribution in [-0.4, -0.2) is 28.4 Å². The maximum atomic E-state index is 12.4. The summed E-state index contributed by atoms with van der Waals surface area (Å²) >= 11 is 1.45. The number of thiophene rings is 1. The summed E-state index contributed by atoms with van der Waals surface area (Å²) in [5.74, 6) is -0.0912. The number of carbonyl (C=O) groups is 2. The number of carbonyl (C=O) groups excluding carboxylic acids is 2. The van der Waals surface area contributed by atoms with Crippen LogP contribution in [0.2, 0.25) is 0 Å². The van der Waals surface area contributed by atoms with E-state index in [1.54, 1.807) is 29.2 Å². The molecule has 1 fully saturated rings. The second kappa shape index (κ2) is 7.79. The van der Waals surface area contributed by atoms with Gasteiger partial charge in [-0.1, -0.05) is 0 Å². The molecule has 4 rings (SSSR count). The summed E-state index contributed by atoms with van der Waals surface area (Å²) in [6.07, 6.45) is 2.46. The third kappa shape index (κ3) is 3.80. The highest BCUT2D eigenvalue weighted by atomic mass is 32.1. The molecular weight excluding hydrogens is 390 g/mol. The minimum Gasteiger partial charge on any atom is -0.454 e. The van der Waals surface area contributed by atoms with Crippen LogP contribution in [0.4, 0.5) is 5.69 Å². The van der Waals surface area contributed by atoms with Crippen LogP contribution in [0.25, 0.3) is 10.2 Å². The number of aromatic nitrogens is 2. The summed E-state index contributed by atoms with van der Waals surface area (Å²) in [7, 11) is 0. The first-order valence-corrected chi connectivity index (χ1v) is 10.3. The Bertz CT molecular complexity index is 1150. The predicted molar refractivity (Wildman–Crippen MR) is 111 cm³/mol. The Kier molecular flexibility index (Phi) is 5.19. The molecule has 0 atom stereocenters. The van der Waals surface area contributed by atoms with Gasteiger partial charge in [-0.2, -0.15) is 0 Å². The lowest BCUT2D eigenvalue weighted by molar-refractivity contribution is -0.119. The summed E-state index contributed by atoms with van der Waals surface area (Å²) in [6.45, 7) is 4.42. The number of nitrogens with one attached hydrogen (secondary N) is 1. The van der Waals surface area contributed by atoms with Gasteiger partial charge in [-0.15, -0.1) is 11.3 Å². The van der Waals surface area contributed by atoms with Crippen LogP contribution in [0.15, 0.2) is 29.1 Å². The van der Waals surface area contributed by atoms with Gasteiger partial charge in [-0.3, -0.25) is 9.59 Å². The summed E-state index contributed by atoms with van der Waals surface area (Å²) in [5, 5.41) is 0.588. The van der Waals surface area contributed by atoms with Crippen molar-refractivity contribution in [3.8, 4) is 0 Å². The van der Waals surface area contributed by atoms with Gasteiger partial charge in [0.15, 0.2) is 0 Å². The quantitative estimate of drug-likeness (QED) is 0.664. The number of rotatable bonds is 4. The van der Waals surface area contributed by atoms with Gasteiger partial charge < -0.3 is 14.6 Å². The van der Waals surface area contributed by atoms with E-state index < -0.39 is 5.97 Å². The Morgan fingerprint density at radius 3 is 2.69 bits per heavy atom. The van der Waals surface area contributed by atoms with Crippen molar-refractivity contribution < 1.29 is 14.3 Å². The van der Waals surface area contributed by atoms with E-state index in [-0.39, 0.29) is 18.1 Å². The fourth-order valence-electron chi connectivity index (χ4n) is 3.44. The van der Waals surface area contributed by atoms with Crippen LogP contribution in [-0.2, 0) is 16.1 Å². The fraction of sp³-hybridized carbons (Fsp3) is 0.333. The number of H-pyrrole nitrogens is 1. The number of nitrogens with zero attached hydrogens (tertiary/aromatic N) is 2. The zero-order chi connectivity index (χ0) is 20.5. The Balaban J connectivity index is 1.45. The zero-order valence-electron chi connectivity index (χ0n) is 16.3. The van der Waals surface area contributed by atoms with Gasteiger partial charge in [-0.05, 0) is 56.5 Å². The van der Waals surface area contributed by atoms with Crippen LogP contribution < -0.4 is 10.5 Å². The second-order valence-corrected chi connectivity index (χ2v) is 8.30. The van der Waals surface area contributed by atoms with E-state index in [9.17, 15) is 14.4 Å². The van der Waals surface area contributed by atoms with Gasteiger partial charge in [-0.25, -0.2) is 9.78 Å². The topological polar surface area (TPSA) is 92.4 Å². The van der Waals surface area contributed by atoms with E-state index in [1.807, 2.05) is 13.8 Å². The highest BCUT2D eigenvalue weighted by Crippen LogP contribution is 2.26.